The zero-order valence-electron chi connectivity index (χ0n) is 16.9. The lowest BCUT2D eigenvalue weighted by Crippen LogP contribution is -2.24. The van der Waals surface area contributed by atoms with Gasteiger partial charge >= 0.3 is 0 Å². The Morgan fingerprint density at radius 1 is 1.14 bits per heavy atom. The minimum Gasteiger partial charge on any atom is -0.497 e. The third-order valence-electron chi connectivity index (χ3n) is 4.15. The first-order valence-electron chi connectivity index (χ1n) is 8.83. The first-order chi connectivity index (χ1) is 13.7. The molecule has 1 aromatic carbocycles. The zero-order chi connectivity index (χ0) is 21.6. The molecule has 2 N–H and O–H groups in total. The normalized spacial score (nSPS) is 20.8. The van der Waals surface area contributed by atoms with Crippen LogP contribution >= 0.6 is 0 Å². The van der Waals surface area contributed by atoms with Crippen molar-refractivity contribution in [1.29, 1.82) is 0 Å². The highest BCUT2D eigenvalue weighted by atomic mass is 32.2. The number of anilines is 1. The molecule has 1 heterocycles. The van der Waals surface area contributed by atoms with E-state index in [0.717, 1.165) is 5.57 Å². The van der Waals surface area contributed by atoms with Crippen LogP contribution in [0.15, 0.2) is 69.5 Å². The number of ether oxygens (including phenoxy) is 2. The van der Waals surface area contributed by atoms with Gasteiger partial charge < -0.3 is 14.8 Å². The molecular weight excluding hydrogens is 394 g/mol. The van der Waals surface area contributed by atoms with Gasteiger partial charge in [-0.25, -0.2) is 8.42 Å². The number of hydrogen-bond donors (Lipinski definition) is 2. The Hall–Kier alpha value is -3.07. The lowest BCUT2D eigenvalue weighted by atomic mass is 10.1. The predicted octanol–water partition coefficient (Wildman–Crippen LogP) is 3.08. The van der Waals surface area contributed by atoms with Gasteiger partial charge in [-0.3, -0.25) is 9.52 Å². The fourth-order valence-electron chi connectivity index (χ4n) is 2.47. The van der Waals surface area contributed by atoms with Gasteiger partial charge in [0.2, 0.25) is 0 Å². The molecule has 1 amide bonds. The van der Waals surface area contributed by atoms with E-state index in [1.54, 1.807) is 6.92 Å². The van der Waals surface area contributed by atoms with Crippen LogP contribution in [0.3, 0.4) is 0 Å². The Bertz CT molecular complexity index is 989. The maximum atomic E-state index is 12.8. The summed E-state index contributed by atoms with van der Waals surface area (Å²) < 4.78 is 38.6. The van der Waals surface area contributed by atoms with Crippen molar-refractivity contribution in [1.82, 2.24) is 4.72 Å². The van der Waals surface area contributed by atoms with E-state index in [2.05, 4.69) is 21.6 Å². The molecule has 0 saturated carbocycles. The van der Waals surface area contributed by atoms with Crippen LogP contribution in [0.2, 0.25) is 0 Å². The number of aliphatic imine (C=N–C) groups is 1. The Kier molecular flexibility index (Phi) is 7.22. The number of rotatable bonds is 6. The van der Waals surface area contributed by atoms with Crippen LogP contribution in [0.4, 0.5) is 5.69 Å². The maximum absolute atomic E-state index is 12.8. The third-order valence-corrected chi connectivity index (χ3v) is 5.52. The number of methoxy groups -OCH3 is 2. The molecule has 1 aliphatic heterocycles. The van der Waals surface area contributed by atoms with Gasteiger partial charge in [0.05, 0.1) is 19.1 Å². The Morgan fingerprint density at radius 3 is 2.34 bits per heavy atom. The molecule has 1 aliphatic rings. The summed E-state index contributed by atoms with van der Waals surface area (Å²) in [5.74, 6) is 0.692. The van der Waals surface area contributed by atoms with E-state index in [0.29, 0.717) is 35.8 Å². The molecule has 0 unspecified atom stereocenters. The second-order valence-corrected chi connectivity index (χ2v) is 8.13. The SMILES string of the molecule is C=C(C)C(=O)Nc1ccc(S(=O)(=O)NC2=C/C(OC)=C(\C)CC/C(OC)=N\2)cc1. The highest BCUT2D eigenvalue weighted by Gasteiger charge is 2.18. The fourth-order valence-corrected chi connectivity index (χ4v) is 3.46. The van der Waals surface area contributed by atoms with Gasteiger partial charge in [0, 0.05) is 23.8 Å². The molecule has 0 saturated heterocycles. The van der Waals surface area contributed by atoms with Crippen LogP contribution in [-0.2, 0) is 24.3 Å². The Labute approximate surface area is 171 Å². The molecule has 156 valence electrons. The van der Waals surface area contributed by atoms with Crippen molar-refractivity contribution in [3.05, 3.63) is 59.6 Å². The van der Waals surface area contributed by atoms with Gasteiger partial charge in [0.25, 0.3) is 15.9 Å². The third kappa shape index (κ3) is 5.95. The number of hydrogen-bond acceptors (Lipinski definition) is 6. The first-order valence-corrected chi connectivity index (χ1v) is 10.3. The average molecular weight is 420 g/mol. The zero-order valence-corrected chi connectivity index (χ0v) is 17.7. The molecule has 9 heteroatoms. The van der Waals surface area contributed by atoms with Crippen LogP contribution in [0, 0.1) is 0 Å². The average Bonchev–Trinajstić information content (AvgIpc) is 2.67. The number of amides is 1. The second kappa shape index (κ2) is 9.42. The van der Waals surface area contributed by atoms with Crippen molar-refractivity contribution in [2.24, 2.45) is 4.99 Å². The van der Waals surface area contributed by atoms with Crippen LogP contribution in [0.5, 0.6) is 0 Å². The molecule has 8 nitrogen and oxygen atoms in total. The van der Waals surface area contributed by atoms with Crippen LogP contribution in [-0.4, -0.2) is 34.4 Å². The summed E-state index contributed by atoms with van der Waals surface area (Å²) >= 11 is 0. The number of carbonyl (C=O) groups excluding carboxylic acids is 1. The number of carbonyl (C=O) groups is 1. The highest BCUT2D eigenvalue weighted by molar-refractivity contribution is 7.89. The number of sulfonamides is 1. The van der Waals surface area contributed by atoms with Crippen LogP contribution < -0.4 is 10.0 Å². The van der Waals surface area contributed by atoms with E-state index < -0.39 is 10.0 Å². The lowest BCUT2D eigenvalue weighted by molar-refractivity contribution is -0.112. The van der Waals surface area contributed by atoms with Gasteiger partial charge in [-0.1, -0.05) is 6.58 Å². The molecule has 29 heavy (non-hydrogen) atoms. The summed E-state index contributed by atoms with van der Waals surface area (Å²) in [5, 5.41) is 2.62. The second-order valence-electron chi connectivity index (χ2n) is 6.45. The van der Waals surface area contributed by atoms with Crippen LogP contribution in [0.25, 0.3) is 0 Å². The fraction of sp³-hybridized carbons (Fsp3) is 0.300. The minimum atomic E-state index is -3.92. The van der Waals surface area contributed by atoms with E-state index in [9.17, 15) is 13.2 Å². The number of nitrogens with one attached hydrogen (secondary N) is 2. The lowest BCUT2D eigenvalue weighted by Gasteiger charge is -2.16. The van der Waals surface area contributed by atoms with Gasteiger partial charge in [-0.05, 0) is 50.1 Å². The largest absolute Gasteiger partial charge is 0.497 e. The van der Waals surface area contributed by atoms with E-state index in [-0.39, 0.29) is 16.6 Å². The highest BCUT2D eigenvalue weighted by Crippen LogP contribution is 2.20. The Balaban J connectivity index is 2.30. The molecular formula is C20H25N3O5S. The molecule has 0 radical (unpaired) electrons. The smallest absolute Gasteiger partial charge is 0.263 e. The van der Waals surface area contributed by atoms with E-state index in [1.165, 1.54) is 44.6 Å². The summed E-state index contributed by atoms with van der Waals surface area (Å²) in [6.45, 7) is 7.04. The van der Waals surface area contributed by atoms with Gasteiger partial charge in [0.1, 0.15) is 11.6 Å². The molecule has 0 aliphatic carbocycles. The molecule has 1 aromatic rings. The van der Waals surface area contributed by atoms with Crippen molar-refractivity contribution in [3.8, 4) is 0 Å². The quantitative estimate of drug-likeness (QED) is 0.689. The maximum Gasteiger partial charge on any atom is 0.263 e. The summed E-state index contributed by atoms with van der Waals surface area (Å²) in [5.41, 5.74) is 1.76. The van der Waals surface area contributed by atoms with Crippen molar-refractivity contribution < 1.29 is 22.7 Å². The van der Waals surface area contributed by atoms with E-state index >= 15 is 0 Å². The van der Waals surface area contributed by atoms with Crippen molar-refractivity contribution in [2.75, 3.05) is 19.5 Å². The predicted molar refractivity (Wildman–Crippen MR) is 112 cm³/mol. The van der Waals surface area contributed by atoms with Crippen LogP contribution in [0.1, 0.15) is 26.7 Å². The van der Waals surface area contributed by atoms with Crippen molar-refractivity contribution in [2.45, 2.75) is 31.6 Å². The minimum absolute atomic E-state index is 0.0163. The molecule has 0 atom stereocenters. The van der Waals surface area contributed by atoms with Gasteiger partial charge in [-0.2, -0.15) is 4.99 Å². The molecule has 0 spiro atoms. The summed E-state index contributed by atoms with van der Waals surface area (Å²) in [7, 11) is -0.917. The number of benzene rings is 1. The molecule has 2 rings (SSSR count). The summed E-state index contributed by atoms with van der Waals surface area (Å²) in [4.78, 5) is 15.9. The molecule has 0 fully saturated rings. The van der Waals surface area contributed by atoms with Crippen molar-refractivity contribution >= 4 is 27.5 Å². The van der Waals surface area contributed by atoms with E-state index in [1.807, 2.05) is 6.92 Å². The topological polar surface area (TPSA) is 106 Å². The number of nitrogens with zero attached hydrogens (tertiary/aromatic N) is 1. The number of allylic oxidation sites excluding steroid dienone is 2. The standard InChI is InChI=1S/C20H25N3O5S/c1-13(2)20(24)21-15-7-9-16(10-8-15)29(25,26)23-18-12-17(27-4)14(3)6-11-19(22-18)28-5/h7-10,12,23H,1,6,11H2,2-5H3,(H,21,24)/b17-14-,18-12+,22-19+. The molecule has 0 aromatic heterocycles. The summed E-state index contributed by atoms with van der Waals surface area (Å²) in [6, 6.07) is 5.77. The monoisotopic (exact) mass is 419 g/mol. The first kappa shape index (κ1) is 22.2. The summed E-state index contributed by atoms with van der Waals surface area (Å²) in [6.07, 6.45) is 2.72. The van der Waals surface area contributed by atoms with Gasteiger partial charge in [0.15, 0.2) is 5.90 Å². The molecule has 0 bridgehead atoms. The van der Waals surface area contributed by atoms with Crippen molar-refractivity contribution in [3.63, 3.8) is 0 Å². The Morgan fingerprint density at radius 2 is 1.79 bits per heavy atom. The van der Waals surface area contributed by atoms with E-state index in [4.69, 9.17) is 9.47 Å². The van der Waals surface area contributed by atoms with Gasteiger partial charge in [-0.15, -0.1) is 0 Å².